The molecule has 1 N–H and O–H groups in total. The third-order valence-corrected chi connectivity index (χ3v) is 2.22. The highest BCUT2D eigenvalue weighted by molar-refractivity contribution is 14.1. The summed E-state index contributed by atoms with van der Waals surface area (Å²) >= 11 is 2.17. The van der Waals surface area contributed by atoms with Gasteiger partial charge in [0, 0.05) is 0 Å². The maximum absolute atomic E-state index is 9.72. The van der Waals surface area contributed by atoms with E-state index in [1.165, 1.54) is 0 Å². The number of rotatable bonds is 5. The molecule has 11 heavy (non-hydrogen) atoms. The van der Waals surface area contributed by atoms with E-state index < -0.39 is 5.60 Å². The van der Waals surface area contributed by atoms with Crippen molar-refractivity contribution in [2.75, 3.05) is 0 Å². The summed E-state index contributed by atoms with van der Waals surface area (Å²) in [5.74, 6) is 0. The summed E-state index contributed by atoms with van der Waals surface area (Å²) < 4.78 is 1.96. The SMILES string of the molecule is CCCCC(C)(O)CC=CI. The van der Waals surface area contributed by atoms with Crippen LogP contribution in [0.2, 0.25) is 0 Å². The van der Waals surface area contributed by atoms with E-state index in [2.05, 4.69) is 29.5 Å². The van der Waals surface area contributed by atoms with Crippen LogP contribution in [0.4, 0.5) is 0 Å². The molecular formula is C9H17IO. The van der Waals surface area contributed by atoms with Crippen molar-refractivity contribution in [3.05, 3.63) is 10.2 Å². The van der Waals surface area contributed by atoms with Crippen LogP contribution >= 0.6 is 22.6 Å². The lowest BCUT2D eigenvalue weighted by Crippen LogP contribution is -2.22. The van der Waals surface area contributed by atoms with E-state index in [4.69, 9.17) is 0 Å². The number of hydrogen-bond acceptors (Lipinski definition) is 1. The van der Waals surface area contributed by atoms with Crippen LogP contribution in [0, 0.1) is 0 Å². The average molecular weight is 268 g/mol. The van der Waals surface area contributed by atoms with Gasteiger partial charge in [0.25, 0.3) is 0 Å². The van der Waals surface area contributed by atoms with Gasteiger partial charge in [0.1, 0.15) is 0 Å². The zero-order valence-electron chi connectivity index (χ0n) is 7.31. The molecule has 1 unspecified atom stereocenters. The zero-order valence-corrected chi connectivity index (χ0v) is 9.47. The molecule has 0 aliphatic rings. The Kier molecular flexibility index (Phi) is 6.24. The molecule has 0 aliphatic heterocycles. The molecule has 0 saturated carbocycles. The molecule has 66 valence electrons. The standard InChI is InChI=1S/C9H17IO/c1-3-4-6-9(2,11)7-5-8-10/h5,8,11H,3-4,6-7H2,1-2H3. The molecule has 0 rings (SSSR count). The molecule has 0 aromatic rings. The lowest BCUT2D eigenvalue weighted by Gasteiger charge is -2.20. The smallest absolute Gasteiger partial charge is 0.0654 e. The number of aliphatic hydroxyl groups is 1. The fourth-order valence-corrected chi connectivity index (χ4v) is 1.21. The molecule has 1 nitrogen and oxygen atoms in total. The van der Waals surface area contributed by atoms with E-state index >= 15 is 0 Å². The first kappa shape index (κ1) is 11.4. The minimum Gasteiger partial charge on any atom is -0.390 e. The minimum absolute atomic E-state index is 0.488. The Hall–Kier alpha value is 0.430. The first-order valence-electron chi connectivity index (χ1n) is 4.10. The molecule has 0 aromatic carbocycles. The van der Waals surface area contributed by atoms with Gasteiger partial charge in [-0.15, -0.1) is 0 Å². The molecule has 0 aliphatic carbocycles. The number of unbranched alkanes of at least 4 members (excludes halogenated alkanes) is 1. The Morgan fingerprint density at radius 2 is 2.18 bits per heavy atom. The van der Waals surface area contributed by atoms with Crippen molar-refractivity contribution in [2.24, 2.45) is 0 Å². The van der Waals surface area contributed by atoms with Gasteiger partial charge in [0.2, 0.25) is 0 Å². The molecule has 0 saturated heterocycles. The summed E-state index contributed by atoms with van der Waals surface area (Å²) in [5.41, 5.74) is -0.488. The van der Waals surface area contributed by atoms with E-state index in [1.807, 2.05) is 17.1 Å². The van der Waals surface area contributed by atoms with Crippen molar-refractivity contribution in [1.29, 1.82) is 0 Å². The monoisotopic (exact) mass is 268 g/mol. The highest BCUT2D eigenvalue weighted by Crippen LogP contribution is 2.18. The molecule has 0 heterocycles. The van der Waals surface area contributed by atoms with Crippen LogP contribution in [0.1, 0.15) is 39.5 Å². The van der Waals surface area contributed by atoms with Crippen molar-refractivity contribution >= 4 is 22.6 Å². The van der Waals surface area contributed by atoms with Gasteiger partial charge in [-0.3, -0.25) is 0 Å². The van der Waals surface area contributed by atoms with Crippen LogP contribution in [0.25, 0.3) is 0 Å². The van der Waals surface area contributed by atoms with Crippen LogP contribution in [-0.2, 0) is 0 Å². The predicted octanol–water partition coefficient (Wildman–Crippen LogP) is 3.27. The maximum Gasteiger partial charge on any atom is 0.0654 e. The molecule has 0 bridgehead atoms. The normalized spacial score (nSPS) is 17.1. The number of halogens is 1. The summed E-state index contributed by atoms with van der Waals surface area (Å²) in [6, 6.07) is 0. The quantitative estimate of drug-likeness (QED) is 0.759. The van der Waals surface area contributed by atoms with Gasteiger partial charge in [-0.1, -0.05) is 48.4 Å². The lowest BCUT2D eigenvalue weighted by molar-refractivity contribution is 0.0518. The number of hydrogen-bond donors (Lipinski definition) is 1. The van der Waals surface area contributed by atoms with Gasteiger partial charge >= 0.3 is 0 Å². The third-order valence-electron chi connectivity index (χ3n) is 1.72. The maximum atomic E-state index is 9.72. The van der Waals surface area contributed by atoms with Gasteiger partial charge in [0.05, 0.1) is 5.60 Å². The lowest BCUT2D eigenvalue weighted by atomic mass is 9.96. The largest absolute Gasteiger partial charge is 0.390 e. The van der Waals surface area contributed by atoms with Gasteiger partial charge in [-0.2, -0.15) is 0 Å². The molecule has 0 fully saturated rings. The molecule has 0 aromatic heterocycles. The van der Waals surface area contributed by atoms with Gasteiger partial charge in [-0.25, -0.2) is 0 Å². The predicted molar refractivity (Wildman–Crippen MR) is 57.9 cm³/mol. The van der Waals surface area contributed by atoms with Crippen LogP contribution in [0.3, 0.4) is 0 Å². The Bertz CT molecular complexity index is 119. The van der Waals surface area contributed by atoms with Crippen molar-refractivity contribution in [1.82, 2.24) is 0 Å². The zero-order chi connectivity index (χ0) is 8.74. The van der Waals surface area contributed by atoms with Gasteiger partial charge < -0.3 is 5.11 Å². The highest BCUT2D eigenvalue weighted by atomic mass is 127. The van der Waals surface area contributed by atoms with E-state index in [0.29, 0.717) is 0 Å². The molecular weight excluding hydrogens is 251 g/mol. The molecule has 0 amide bonds. The molecule has 1 atom stereocenters. The van der Waals surface area contributed by atoms with E-state index in [1.54, 1.807) is 0 Å². The van der Waals surface area contributed by atoms with Crippen LogP contribution in [-0.4, -0.2) is 10.7 Å². The van der Waals surface area contributed by atoms with Gasteiger partial charge in [0.15, 0.2) is 0 Å². The third kappa shape index (κ3) is 6.81. The average Bonchev–Trinajstić information content (AvgIpc) is 1.97. The fraction of sp³-hybridized carbons (Fsp3) is 0.778. The first-order chi connectivity index (χ1) is 5.12. The van der Waals surface area contributed by atoms with E-state index in [-0.39, 0.29) is 0 Å². The van der Waals surface area contributed by atoms with Crippen LogP contribution in [0.5, 0.6) is 0 Å². The summed E-state index contributed by atoms with van der Waals surface area (Å²) in [4.78, 5) is 0. The van der Waals surface area contributed by atoms with Crippen LogP contribution in [0.15, 0.2) is 10.2 Å². The highest BCUT2D eigenvalue weighted by Gasteiger charge is 2.16. The molecule has 0 spiro atoms. The Balaban J connectivity index is 3.60. The minimum atomic E-state index is -0.488. The molecule has 2 heteroatoms. The second kappa shape index (κ2) is 6.00. The Labute approximate surface area is 83.0 Å². The van der Waals surface area contributed by atoms with E-state index in [0.717, 1.165) is 25.7 Å². The van der Waals surface area contributed by atoms with Crippen molar-refractivity contribution in [3.8, 4) is 0 Å². The van der Waals surface area contributed by atoms with Crippen molar-refractivity contribution in [2.45, 2.75) is 45.1 Å². The second-order valence-corrected chi connectivity index (χ2v) is 3.89. The van der Waals surface area contributed by atoms with Gasteiger partial charge in [-0.05, 0) is 23.8 Å². The summed E-state index contributed by atoms with van der Waals surface area (Å²) in [7, 11) is 0. The second-order valence-electron chi connectivity index (χ2n) is 3.17. The fourth-order valence-electron chi connectivity index (χ4n) is 0.958. The van der Waals surface area contributed by atoms with E-state index in [9.17, 15) is 5.11 Å². The molecule has 0 radical (unpaired) electrons. The Morgan fingerprint density at radius 3 is 2.64 bits per heavy atom. The van der Waals surface area contributed by atoms with Crippen molar-refractivity contribution in [3.63, 3.8) is 0 Å². The Morgan fingerprint density at radius 1 is 1.55 bits per heavy atom. The van der Waals surface area contributed by atoms with Crippen molar-refractivity contribution < 1.29 is 5.11 Å². The topological polar surface area (TPSA) is 20.2 Å². The summed E-state index contributed by atoms with van der Waals surface area (Å²) in [6.45, 7) is 4.05. The van der Waals surface area contributed by atoms with Crippen LogP contribution < -0.4 is 0 Å². The first-order valence-corrected chi connectivity index (χ1v) is 5.34. The summed E-state index contributed by atoms with van der Waals surface area (Å²) in [5, 5.41) is 9.72. The summed E-state index contributed by atoms with van der Waals surface area (Å²) in [6.07, 6.45) is 5.96.